The highest BCUT2D eigenvalue weighted by atomic mass is 16.5. The molecule has 0 saturated carbocycles. The third-order valence-corrected chi connectivity index (χ3v) is 2.68. The minimum Gasteiger partial charge on any atom is -0.477 e. The number of pyridine rings is 1. The molecule has 1 rings (SSSR count). The number of carboxylic acid groups (broad SMARTS) is 1. The summed E-state index contributed by atoms with van der Waals surface area (Å²) in [5.74, 6) is -1.43. The zero-order valence-corrected chi connectivity index (χ0v) is 10.5. The van der Waals surface area contributed by atoms with Gasteiger partial charge in [0.05, 0.1) is 17.7 Å². The largest absolute Gasteiger partial charge is 0.477 e. The number of ether oxygens (including phenoxy) is 1. The number of amides is 1. The molecule has 2 atom stereocenters. The Hall–Kier alpha value is -1.95. The van der Waals surface area contributed by atoms with Gasteiger partial charge in [0.25, 0.3) is 5.91 Å². The van der Waals surface area contributed by atoms with E-state index >= 15 is 0 Å². The Labute approximate surface area is 105 Å². The van der Waals surface area contributed by atoms with Crippen LogP contribution >= 0.6 is 0 Å². The number of nitrogens with zero attached hydrogens (tertiary/aromatic N) is 1. The monoisotopic (exact) mass is 252 g/mol. The first-order valence-corrected chi connectivity index (χ1v) is 5.48. The molecule has 6 heteroatoms. The van der Waals surface area contributed by atoms with Gasteiger partial charge in [0, 0.05) is 13.3 Å². The summed E-state index contributed by atoms with van der Waals surface area (Å²) in [5, 5.41) is 11.4. The van der Waals surface area contributed by atoms with Gasteiger partial charge < -0.3 is 15.2 Å². The Kier molecular flexibility index (Phi) is 4.79. The number of aromatic carboxylic acids is 1. The summed E-state index contributed by atoms with van der Waals surface area (Å²) in [7, 11) is 1.57. The van der Waals surface area contributed by atoms with Crippen LogP contribution in [0.25, 0.3) is 0 Å². The molecule has 2 N–H and O–H groups in total. The average Bonchev–Trinajstić information content (AvgIpc) is 2.37. The van der Waals surface area contributed by atoms with Crippen LogP contribution < -0.4 is 5.32 Å². The molecule has 0 aliphatic carbocycles. The van der Waals surface area contributed by atoms with Gasteiger partial charge >= 0.3 is 5.97 Å². The highest BCUT2D eigenvalue weighted by Gasteiger charge is 2.15. The predicted molar refractivity (Wildman–Crippen MR) is 64.6 cm³/mol. The molecule has 1 aromatic rings. The van der Waals surface area contributed by atoms with Crippen molar-refractivity contribution >= 4 is 11.9 Å². The van der Waals surface area contributed by atoms with Gasteiger partial charge in [0.1, 0.15) is 5.69 Å². The van der Waals surface area contributed by atoms with Crippen LogP contribution in [0.2, 0.25) is 0 Å². The maximum absolute atomic E-state index is 11.8. The van der Waals surface area contributed by atoms with Crippen molar-refractivity contribution in [2.75, 3.05) is 7.11 Å². The van der Waals surface area contributed by atoms with Crippen LogP contribution in [0.15, 0.2) is 18.3 Å². The van der Waals surface area contributed by atoms with Crippen LogP contribution in [-0.2, 0) is 4.74 Å². The van der Waals surface area contributed by atoms with Gasteiger partial charge in [-0.05, 0) is 26.0 Å². The number of aromatic nitrogens is 1. The van der Waals surface area contributed by atoms with Crippen molar-refractivity contribution in [3.8, 4) is 0 Å². The standard InChI is InChI=1S/C12H16N2O4/c1-7(8(2)18-3)14-11(15)9-4-5-10(12(16)17)13-6-9/h4-8H,1-3H3,(H,14,15)(H,16,17)/t7-,8?/m0/s1. The fourth-order valence-electron chi connectivity index (χ4n) is 1.27. The van der Waals surface area contributed by atoms with E-state index in [9.17, 15) is 9.59 Å². The van der Waals surface area contributed by atoms with Crippen LogP contribution in [0.4, 0.5) is 0 Å². The number of nitrogens with one attached hydrogen (secondary N) is 1. The smallest absolute Gasteiger partial charge is 0.354 e. The summed E-state index contributed by atoms with van der Waals surface area (Å²) < 4.78 is 5.09. The first-order valence-electron chi connectivity index (χ1n) is 5.48. The molecule has 98 valence electrons. The van der Waals surface area contributed by atoms with Gasteiger partial charge in [-0.3, -0.25) is 4.79 Å². The number of carbonyl (C=O) groups is 2. The van der Waals surface area contributed by atoms with E-state index in [0.29, 0.717) is 5.56 Å². The molecule has 1 aromatic heterocycles. The number of carbonyl (C=O) groups excluding carboxylic acids is 1. The van der Waals surface area contributed by atoms with Gasteiger partial charge in [-0.25, -0.2) is 9.78 Å². The summed E-state index contributed by atoms with van der Waals surface area (Å²) >= 11 is 0. The Morgan fingerprint density at radius 1 is 1.39 bits per heavy atom. The van der Waals surface area contributed by atoms with Gasteiger partial charge in [-0.15, -0.1) is 0 Å². The lowest BCUT2D eigenvalue weighted by molar-refractivity contribution is 0.0688. The molecular weight excluding hydrogens is 236 g/mol. The maximum Gasteiger partial charge on any atom is 0.354 e. The van der Waals surface area contributed by atoms with Gasteiger partial charge in [-0.2, -0.15) is 0 Å². The van der Waals surface area contributed by atoms with Crippen molar-refractivity contribution in [2.24, 2.45) is 0 Å². The van der Waals surface area contributed by atoms with E-state index in [1.165, 1.54) is 18.3 Å². The zero-order valence-electron chi connectivity index (χ0n) is 10.5. The molecule has 0 aliphatic heterocycles. The second-order valence-electron chi connectivity index (χ2n) is 3.94. The lowest BCUT2D eigenvalue weighted by Crippen LogP contribution is -2.40. The minimum absolute atomic E-state index is 0.0927. The van der Waals surface area contributed by atoms with Crippen LogP contribution in [0, 0.1) is 0 Å². The van der Waals surface area contributed by atoms with Crippen molar-refractivity contribution in [1.82, 2.24) is 10.3 Å². The minimum atomic E-state index is -1.12. The molecule has 0 aliphatic rings. The second kappa shape index (κ2) is 6.11. The molecule has 0 aromatic carbocycles. The Balaban J connectivity index is 2.70. The zero-order chi connectivity index (χ0) is 13.7. The molecule has 1 heterocycles. The molecule has 1 unspecified atom stereocenters. The summed E-state index contributed by atoms with van der Waals surface area (Å²) in [6.07, 6.45) is 1.13. The number of rotatable bonds is 5. The number of carboxylic acids is 1. The fraction of sp³-hybridized carbons (Fsp3) is 0.417. The van der Waals surface area contributed by atoms with E-state index in [4.69, 9.17) is 9.84 Å². The lowest BCUT2D eigenvalue weighted by Gasteiger charge is -2.19. The topological polar surface area (TPSA) is 88.5 Å². The number of methoxy groups -OCH3 is 1. The molecule has 6 nitrogen and oxygen atoms in total. The fourth-order valence-corrected chi connectivity index (χ4v) is 1.27. The van der Waals surface area contributed by atoms with Crippen molar-refractivity contribution in [3.63, 3.8) is 0 Å². The van der Waals surface area contributed by atoms with Gasteiger partial charge in [-0.1, -0.05) is 0 Å². The molecule has 0 radical (unpaired) electrons. The SMILES string of the molecule is COC(C)[C@H](C)NC(=O)c1ccc(C(=O)O)nc1. The Bertz CT molecular complexity index is 430. The number of hydrogen-bond acceptors (Lipinski definition) is 4. The maximum atomic E-state index is 11.8. The molecule has 0 saturated heterocycles. The molecule has 0 spiro atoms. The lowest BCUT2D eigenvalue weighted by atomic mass is 10.2. The van der Waals surface area contributed by atoms with Crippen molar-refractivity contribution in [3.05, 3.63) is 29.6 Å². The van der Waals surface area contributed by atoms with E-state index in [2.05, 4.69) is 10.3 Å². The van der Waals surface area contributed by atoms with Gasteiger partial charge in [0.15, 0.2) is 0 Å². The van der Waals surface area contributed by atoms with E-state index in [1.54, 1.807) is 7.11 Å². The highest BCUT2D eigenvalue weighted by Crippen LogP contribution is 2.03. The van der Waals surface area contributed by atoms with Gasteiger partial charge in [0.2, 0.25) is 0 Å². The molecular formula is C12H16N2O4. The highest BCUT2D eigenvalue weighted by molar-refractivity contribution is 5.95. The van der Waals surface area contributed by atoms with Crippen molar-refractivity contribution < 1.29 is 19.4 Å². The number of hydrogen-bond donors (Lipinski definition) is 2. The molecule has 1 amide bonds. The summed E-state index contributed by atoms with van der Waals surface area (Å²) in [6, 6.07) is 2.57. The summed E-state index contributed by atoms with van der Waals surface area (Å²) in [5.41, 5.74) is 0.222. The van der Waals surface area contributed by atoms with E-state index in [1.807, 2.05) is 13.8 Å². The Morgan fingerprint density at radius 2 is 2.06 bits per heavy atom. The first-order chi connectivity index (χ1) is 8.45. The quantitative estimate of drug-likeness (QED) is 0.814. The van der Waals surface area contributed by atoms with Crippen molar-refractivity contribution in [1.29, 1.82) is 0 Å². The normalized spacial score (nSPS) is 13.7. The van der Waals surface area contributed by atoms with E-state index in [-0.39, 0.29) is 23.7 Å². The van der Waals surface area contributed by atoms with E-state index in [0.717, 1.165) is 0 Å². The summed E-state index contributed by atoms with van der Waals surface area (Å²) in [6.45, 7) is 3.67. The third kappa shape index (κ3) is 3.53. The molecule has 0 fully saturated rings. The molecule has 18 heavy (non-hydrogen) atoms. The average molecular weight is 252 g/mol. The van der Waals surface area contributed by atoms with Crippen LogP contribution in [0.3, 0.4) is 0 Å². The molecule has 0 bridgehead atoms. The van der Waals surface area contributed by atoms with Crippen molar-refractivity contribution in [2.45, 2.75) is 26.0 Å². The third-order valence-electron chi connectivity index (χ3n) is 2.68. The van der Waals surface area contributed by atoms with Crippen LogP contribution in [-0.4, -0.2) is 41.2 Å². The first kappa shape index (κ1) is 14.1. The summed E-state index contributed by atoms with van der Waals surface area (Å²) in [4.78, 5) is 26.1. The van der Waals surface area contributed by atoms with E-state index < -0.39 is 5.97 Å². The van der Waals surface area contributed by atoms with Crippen LogP contribution in [0.5, 0.6) is 0 Å². The second-order valence-corrected chi connectivity index (χ2v) is 3.94. The predicted octanol–water partition coefficient (Wildman–Crippen LogP) is 0.933. The Morgan fingerprint density at radius 3 is 2.50 bits per heavy atom. The van der Waals surface area contributed by atoms with Crippen LogP contribution in [0.1, 0.15) is 34.7 Å².